The first-order chi connectivity index (χ1) is 13.1. The summed E-state index contributed by atoms with van der Waals surface area (Å²) in [4.78, 5) is 21.5. The van der Waals surface area contributed by atoms with E-state index < -0.39 is 5.60 Å². The Labute approximate surface area is 170 Å². The number of likely N-dealkylation sites (N-methyl/N-ethyl adjacent to an activating group) is 1. The molecule has 1 unspecified atom stereocenters. The van der Waals surface area contributed by atoms with E-state index >= 15 is 0 Å². The fraction of sp³-hybridized carbons (Fsp3) is 0.900. The van der Waals surface area contributed by atoms with Crippen molar-refractivity contribution in [1.82, 2.24) is 20.4 Å². The van der Waals surface area contributed by atoms with E-state index in [0.717, 1.165) is 64.6 Å². The van der Waals surface area contributed by atoms with Crippen molar-refractivity contribution in [1.29, 1.82) is 0 Å². The molecule has 0 radical (unpaired) electrons. The molecule has 162 valence electrons. The van der Waals surface area contributed by atoms with Crippen LogP contribution in [0, 0.1) is 0 Å². The van der Waals surface area contributed by atoms with E-state index in [1.807, 2.05) is 20.8 Å². The molecule has 1 atom stereocenters. The predicted octanol–water partition coefficient (Wildman–Crippen LogP) is 1.66. The Morgan fingerprint density at radius 2 is 2.00 bits per heavy atom. The van der Waals surface area contributed by atoms with Crippen LogP contribution in [-0.4, -0.2) is 92.5 Å². The Morgan fingerprint density at radius 1 is 1.32 bits per heavy atom. The second-order valence-corrected chi connectivity index (χ2v) is 8.98. The van der Waals surface area contributed by atoms with Crippen molar-refractivity contribution in [3.8, 4) is 0 Å². The van der Waals surface area contributed by atoms with Crippen molar-refractivity contribution in [2.24, 2.45) is 4.99 Å². The molecule has 0 aliphatic carbocycles. The van der Waals surface area contributed by atoms with E-state index in [1.165, 1.54) is 0 Å². The lowest BCUT2D eigenvalue weighted by Crippen LogP contribution is -2.52. The topological polar surface area (TPSA) is 78.4 Å². The number of nitrogens with one attached hydrogen (secondary N) is 2. The van der Waals surface area contributed by atoms with Crippen LogP contribution in [0.3, 0.4) is 0 Å². The maximum atomic E-state index is 12.1. The van der Waals surface area contributed by atoms with Crippen LogP contribution in [-0.2, 0) is 9.47 Å². The molecule has 0 aromatic heterocycles. The Kier molecular flexibility index (Phi) is 7.95. The number of hydrogen-bond acceptors (Lipinski definition) is 5. The molecule has 8 nitrogen and oxygen atoms in total. The maximum absolute atomic E-state index is 12.1. The number of carbonyl (C=O) groups excluding carboxylic acids is 1. The number of carbonyl (C=O) groups is 1. The lowest BCUT2D eigenvalue weighted by molar-refractivity contribution is -0.00262. The smallest absolute Gasteiger partial charge is 0.407 e. The van der Waals surface area contributed by atoms with Crippen LogP contribution in [0.4, 0.5) is 4.79 Å². The quantitative estimate of drug-likeness (QED) is 0.543. The van der Waals surface area contributed by atoms with Crippen molar-refractivity contribution in [2.45, 2.75) is 64.1 Å². The minimum atomic E-state index is -0.483. The molecule has 2 rings (SSSR count). The molecule has 0 aromatic carbocycles. The van der Waals surface area contributed by atoms with Gasteiger partial charge < -0.3 is 29.9 Å². The zero-order chi connectivity index (χ0) is 20.8. The van der Waals surface area contributed by atoms with E-state index in [9.17, 15) is 4.79 Å². The summed E-state index contributed by atoms with van der Waals surface area (Å²) < 4.78 is 10.9. The van der Waals surface area contributed by atoms with Gasteiger partial charge in [-0.05, 0) is 61.1 Å². The van der Waals surface area contributed by atoms with Gasteiger partial charge in [-0.15, -0.1) is 0 Å². The molecule has 0 aromatic rings. The number of guanidine groups is 1. The van der Waals surface area contributed by atoms with Crippen LogP contribution < -0.4 is 10.6 Å². The van der Waals surface area contributed by atoms with Crippen LogP contribution in [0.15, 0.2) is 4.99 Å². The zero-order valence-corrected chi connectivity index (χ0v) is 18.5. The van der Waals surface area contributed by atoms with E-state index in [0.29, 0.717) is 0 Å². The van der Waals surface area contributed by atoms with Gasteiger partial charge >= 0.3 is 6.09 Å². The van der Waals surface area contributed by atoms with Crippen LogP contribution in [0.25, 0.3) is 0 Å². The summed E-state index contributed by atoms with van der Waals surface area (Å²) in [6.07, 6.45) is 2.52. The Morgan fingerprint density at radius 3 is 2.57 bits per heavy atom. The summed E-state index contributed by atoms with van der Waals surface area (Å²) in [6.45, 7) is 12.4. The minimum absolute atomic E-state index is 0.0484. The highest BCUT2D eigenvalue weighted by Crippen LogP contribution is 2.26. The molecule has 0 spiro atoms. The van der Waals surface area contributed by atoms with Gasteiger partial charge in [0.1, 0.15) is 5.60 Å². The van der Waals surface area contributed by atoms with E-state index in [-0.39, 0.29) is 17.7 Å². The van der Waals surface area contributed by atoms with E-state index in [2.05, 4.69) is 41.5 Å². The second kappa shape index (κ2) is 9.78. The second-order valence-electron chi connectivity index (χ2n) is 8.98. The lowest BCUT2D eigenvalue weighted by atomic mass is 9.89. The molecular weight excluding hydrogens is 358 g/mol. The molecule has 28 heavy (non-hydrogen) atoms. The highest BCUT2D eigenvalue weighted by atomic mass is 16.6. The molecule has 0 bridgehead atoms. The number of likely N-dealkylation sites (tertiary alicyclic amines) is 1. The largest absolute Gasteiger partial charge is 0.444 e. The minimum Gasteiger partial charge on any atom is -0.444 e. The van der Waals surface area contributed by atoms with Crippen LogP contribution in [0.1, 0.15) is 47.0 Å². The highest BCUT2D eigenvalue weighted by Gasteiger charge is 2.35. The zero-order valence-electron chi connectivity index (χ0n) is 18.5. The van der Waals surface area contributed by atoms with Gasteiger partial charge in [-0.2, -0.15) is 0 Å². The molecule has 2 heterocycles. The third-order valence-corrected chi connectivity index (χ3v) is 5.44. The Hall–Kier alpha value is -1.54. The van der Waals surface area contributed by atoms with E-state index in [4.69, 9.17) is 14.5 Å². The first-order valence-electron chi connectivity index (χ1n) is 10.4. The van der Waals surface area contributed by atoms with Crippen molar-refractivity contribution in [2.75, 3.05) is 53.5 Å². The SMILES string of the molecule is CCNC(=NCC1(N(C)C)CCOCC1)N1CCC(NC(=O)OC(C)(C)C)C1. The average molecular weight is 398 g/mol. The summed E-state index contributed by atoms with van der Waals surface area (Å²) in [6, 6.07) is 0.0737. The van der Waals surface area contributed by atoms with Gasteiger partial charge in [0.15, 0.2) is 5.96 Å². The van der Waals surface area contributed by atoms with E-state index in [1.54, 1.807) is 0 Å². The van der Waals surface area contributed by atoms with Crippen molar-refractivity contribution in [3.63, 3.8) is 0 Å². The first-order valence-corrected chi connectivity index (χ1v) is 10.4. The molecule has 2 saturated heterocycles. The monoisotopic (exact) mass is 397 g/mol. The number of alkyl carbamates (subject to hydrolysis) is 1. The van der Waals surface area contributed by atoms with Crippen molar-refractivity contribution < 1.29 is 14.3 Å². The van der Waals surface area contributed by atoms with Gasteiger partial charge in [0.25, 0.3) is 0 Å². The predicted molar refractivity (Wildman–Crippen MR) is 112 cm³/mol. The highest BCUT2D eigenvalue weighted by molar-refractivity contribution is 5.80. The summed E-state index contributed by atoms with van der Waals surface area (Å²) in [5, 5.41) is 6.40. The molecule has 1 amide bonds. The number of amides is 1. The number of hydrogen-bond donors (Lipinski definition) is 2. The normalized spacial score (nSPS) is 23.0. The van der Waals surface area contributed by atoms with Gasteiger partial charge in [0.05, 0.1) is 12.6 Å². The van der Waals surface area contributed by atoms with Crippen LogP contribution in [0.5, 0.6) is 0 Å². The molecular formula is C20H39N5O3. The van der Waals surface area contributed by atoms with Crippen LogP contribution in [0.2, 0.25) is 0 Å². The van der Waals surface area contributed by atoms with Gasteiger partial charge in [-0.3, -0.25) is 4.99 Å². The third-order valence-electron chi connectivity index (χ3n) is 5.44. The first kappa shape index (κ1) is 22.7. The van der Waals surface area contributed by atoms with Crippen molar-refractivity contribution >= 4 is 12.1 Å². The fourth-order valence-corrected chi connectivity index (χ4v) is 3.69. The maximum Gasteiger partial charge on any atom is 0.407 e. The summed E-state index contributed by atoms with van der Waals surface area (Å²) in [5.74, 6) is 0.920. The Bertz CT molecular complexity index is 538. The molecule has 8 heteroatoms. The van der Waals surface area contributed by atoms with Gasteiger partial charge in [-0.25, -0.2) is 4.79 Å². The third kappa shape index (κ3) is 6.51. The number of nitrogens with zero attached hydrogens (tertiary/aromatic N) is 3. The summed E-state index contributed by atoms with van der Waals surface area (Å²) in [5.41, 5.74) is -0.435. The van der Waals surface area contributed by atoms with Gasteiger partial charge in [0, 0.05) is 38.4 Å². The number of ether oxygens (including phenoxy) is 2. The fourth-order valence-electron chi connectivity index (χ4n) is 3.69. The van der Waals surface area contributed by atoms with Crippen molar-refractivity contribution in [3.05, 3.63) is 0 Å². The summed E-state index contributed by atoms with van der Waals surface area (Å²) in [7, 11) is 4.26. The molecule has 2 N–H and O–H groups in total. The molecule has 2 aliphatic heterocycles. The van der Waals surface area contributed by atoms with Gasteiger partial charge in [-0.1, -0.05) is 0 Å². The molecule has 0 saturated carbocycles. The standard InChI is InChI=1S/C20H39N5O3/c1-7-21-17(22-15-20(24(5)6)9-12-27-13-10-20)25-11-8-16(14-25)23-18(26)28-19(2,3)4/h16H,7-15H2,1-6H3,(H,21,22)(H,23,26). The number of aliphatic imine (C=N–C) groups is 1. The van der Waals surface area contributed by atoms with Crippen LogP contribution >= 0.6 is 0 Å². The lowest BCUT2D eigenvalue weighted by Gasteiger charge is -2.42. The summed E-state index contributed by atoms with van der Waals surface area (Å²) >= 11 is 0. The molecule has 2 aliphatic rings. The Balaban J connectivity index is 1.97. The average Bonchev–Trinajstić information content (AvgIpc) is 3.05. The number of rotatable bonds is 5. The molecule has 2 fully saturated rings. The van der Waals surface area contributed by atoms with Gasteiger partial charge in [0.2, 0.25) is 0 Å².